The van der Waals surface area contributed by atoms with Crippen molar-refractivity contribution in [2.75, 3.05) is 6.54 Å². The van der Waals surface area contributed by atoms with E-state index in [1.165, 1.54) is 12.8 Å². The van der Waals surface area contributed by atoms with Gasteiger partial charge in [0.15, 0.2) is 5.78 Å². The van der Waals surface area contributed by atoms with Crippen molar-refractivity contribution in [3.63, 3.8) is 0 Å². The van der Waals surface area contributed by atoms with Gasteiger partial charge in [-0.1, -0.05) is 12.5 Å². The Morgan fingerprint density at radius 3 is 2.79 bits per heavy atom. The number of nitrogens with two attached hydrogens (primary N) is 1. The largest absolute Gasteiger partial charge is 0.330 e. The van der Waals surface area contributed by atoms with Crippen LogP contribution in [-0.4, -0.2) is 12.3 Å². The third-order valence-electron chi connectivity index (χ3n) is 2.76. The van der Waals surface area contributed by atoms with Crippen LogP contribution in [0.5, 0.6) is 0 Å². The molecule has 1 aliphatic rings. The Labute approximate surface area is 86.6 Å². The van der Waals surface area contributed by atoms with E-state index in [1.807, 2.05) is 0 Å². The zero-order chi connectivity index (χ0) is 10.2. The first-order valence-corrected chi connectivity index (χ1v) is 5.77. The number of ketones is 1. The molecule has 0 aromatic carbocycles. The number of Topliss-reactive ketones (excluding diaryl/α,β-unsaturated/α-hetero) is 1. The minimum Gasteiger partial charge on any atom is -0.330 e. The van der Waals surface area contributed by atoms with Gasteiger partial charge in [0, 0.05) is 6.42 Å². The van der Waals surface area contributed by atoms with Crippen LogP contribution in [0.25, 0.3) is 0 Å². The summed E-state index contributed by atoms with van der Waals surface area (Å²) in [4.78, 5) is 11.7. The number of hydrogen-bond donors (Lipinski definition) is 1. The van der Waals surface area contributed by atoms with Crippen LogP contribution in [0, 0.1) is 0 Å². The third kappa shape index (κ3) is 4.05. The number of allylic oxidation sites excluding steroid dienone is 2. The van der Waals surface area contributed by atoms with Crippen molar-refractivity contribution in [2.24, 2.45) is 5.73 Å². The first-order chi connectivity index (χ1) is 6.84. The number of rotatable bonds is 6. The van der Waals surface area contributed by atoms with E-state index in [9.17, 15) is 4.79 Å². The average molecular weight is 195 g/mol. The number of unbranched alkanes of at least 4 members (excludes halogenated alkanes) is 2. The van der Waals surface area contributed by atoms with Crippen molar-refractivity contribution in [2.45, 2.75) is 51.4 Å². The Morgan fingerprint density at radius 1 is 1.29 bits per heavy atom. The van der Waals surface area contributed by atoms with Crippen LogP contribution in [0.4, 0.5) is 0 Å². The molecule has 0 saturated heterocycles. The average Bonchev–Trinajstić information content (AvgIpc) is 2.25. The minimum atomic E-state index is 0.377. The molecule has 1 aliphatic carbocycles. The van der Waals surface area contributed by atoms with Crippen LogP contribution in [0.15, 0.2) is 11.6 Å². The molecule has 0 saturated carbocycles. The maximum atomic E-state index is 11.7. The zero-order valence-corrected chi connectivity index (χ0v) is 8.93. The van der Waals surface area contributed by atoms with Crippen molar-refractivity contribution in [1.82, 2.24) is 0 Å². The molecule has 0 heterocycles. The predicted octanol–water partition coefficient (Wildman–Crippen LogP) is 2.58. The second kappa shape index (κ2) is 6.77. The normalized spacial score (nSPS) is 16.5. The molecule has 0 unspecified atom stereocenters. The molecule has 2 heteroatoms. The lowest BCUT2D eigenvalue weighted by Gasteiger charge is -2.11. The van der Waals surface area contributed by atoms with Crippen molar-refractivity contribution < 1.29 is 4.79 Å². The predicted molar refractivity (Wildman–Crippen MR) is 59.1 cm³/mol. The molecular formula is C12H21NO. The quantitative estimate of drug-likeness (QED) is 0.662. The van der Waals surface area contributed by atoms with Crippen molar-refractivity contribution >= 4 is 5.78 Å². The van der Waals surface area contributed by atoms with Gasteiger partial charge in [0.05, 0.1) is 0 Å². The second-order valence-corrected chi connectivity index (χ2v) is 4.00. The summed E-state index contributed by atoms with van der Waals surface area (Å²) in [6.07, 6.45) is 10.6. The van der Waals surface area contributed by atoms with Crippen molar-refractivity contribution in [3.05, 3.63) is 11.6 Å². The molecule has 0 aromatic heterocycles. The van der Waals surface area contributed by atoms with Gasteiger partial charge in [-0.15, -0.1) is 0 Å². The van der Waals surface area contributed by atoms with Crippen LogP contribution in [-0.2, 0) is 4.79 Å². The smallest absolute Gasteiger partial charge is 0.158 e. The lowest BCUT2D eigenvalue weighted by molar-refractivity contribution is -0.115. The molecule has 2 N–H and O–H groups in total. The first kappa shape index (κ1) is 11.4. The van der Waals surface area contributed by atoms with E-state index in [0.29, 0.717) is 5.78 Å². The van der Waals surface area contributed by atoms with E-state index < -0.39 is 0 Å². The molecule has 0 atom stereocenters. The Balaban J connectivity index is 2.17. The monoisotopic (exact) mass is 195 g/mol. The summed E-state index contributed by atoms with van der Waals surface area (Å²) in [5.74, 6) is 0.377. The Morgan fingerprint density at radius 2 is 2.14 bits per heavy atom. The fourth-order valence-electron chi connectivity index (χ4n) is 1.86. The second-order valence-electron chi connectivity index (χ2n) is 4.00. The van der Waals surface area contributed by atoms with Crippen LogP contribution >= 0.6 is 0 Å². The fourth-order valence-corrected chi connectivity index (χ4v) is 1.86. The van der Waals surface area contributed by atoms with Gasteiger partial charge < -0.3 is 5.73 Å². The molecule has 0 bridgehead atoms. The number of carbonyl (C=O) groups excluding carboxylic acids is 1. The third-order valence-corrected chi connectivity index (χ3v) is 2.76. The van der Waals surface area contributed by atoms with Crippen LogP contribution < -0.4 is 5.73 Å². The molecule has 0 fully saturated rings. The molecule has 80 valence electrons. The van der Waals surface area contributed by atoms with Crippen molar-refractivity contribution in [3.8, 4) is 0 Å². The lowest BCUT2D eigenvalue weighted by Crippen LogP contribution is -2.06. The summed E-state index contributed by atoms with van der Waals surface area (Å²) in [5, 5.41) is 0. The molecular weight excluding hydrogens is 174 g/mol. The summed E-state index contributed by atoms with van der Waals surface area (Å²) in [6, 6.07) is 0. The van der Waals surface area contributed by atoms with E-state index in [1.54, 1.807) is 0 Å². The molecule has 0 aliphatic heterocycles. The van der Waals surface area contributed by atoms with E-state index in [0.717, 1.165) is 50.6 Å². The molecule has 0 amide bonds. The summed E-state index contributed by atoms with van der Waals surface area (Å²) in [7, 11) is 0. The molecule has 2 nitrogen and oxygen atoms in total. The van der Waals surface area contributed by atoms with Crippen molar-refractivity contribution in [1.29, 1.82) is 0 Å². The van der Waals surface area contributed by atoms with Crippen LogP contribution in [0.2, 0.25) is 0 Å². The summed E-state index contributed by atoms with van der Waals surface area (Å²) in [6.45, 7) is 0.747. The summed E-state index contributed by atoms with van der Waals surface area (Å²) < 4.78 is 0. The molecule has 14 heavy (non-hydrogen) atoms. The SMILES string of the molecule is NCCCCCC(=O)C1=CCCCC1. The van der Waals surface area contributed by atoms with E-state index in [4.69, 9.17) is 5.73 Å². The maximum absolute atomic E-state index is 11.7. The van der Waals surface area contributed by atoms with E-state index in [2.05, 4.69) is 6.08 Å². The number of carbonyl (C=O) groups is 1. The van der Waals surface area contributed by atoms with Gasteiger partial charge in [-0.2, -0.15) is 0 Å². The topological polar surface area (TPSA) is 43.1 Å². The number of hydrogen-bond acceptors (Lipinski definition) is 2. The highest BCUT2D eigenvalue weighted by molar-refractivity contribution is 5.95. The first-order valence-electron chi connectivity index (χ1n) is 5.77. The zero-order valence-electron chi connectivity index (χ0n) is 8.93. The van der Waals surface area contributed by atoms with E-state index >= 15 is 0 Å². The van der Waals surface area contributed by atoms with Gasteiger partial charge in [-0.3, -0.25) is 4.79 Å². The lowest BCUT2D eigenvalue weighted by atomic mass is 9.94. The Bertz CT molecular complexity index is 208. The van der Waals surface area contributed by atoms with Gasteiger partial charge in [0.1, 0.15) is 0 Å². The minimum absolute atomic E-state index is 0.377. The Kier molecular flexibility index (Phi) is 5.53. The Hall–Kier alpha value is -0.630. The summed E-state index contributed by atoms with van der Waals surface area (Å²) in [5.41, 5.74) is 6.48. The molecule has 0 spiro atoms. The molecule has 0 radical (unpaired) electrons. The standard InChI is InChI=1S/C12H21NO/c13-10-6-2-5-9-12(14)11-7-3-1-4-8-11/h7H,1-6,8-10,13H2. The van der Waals surface area contributed by atoms with Gasteiger partial charge in [0.25, 0.3) is 0 Å². The highest BCUT2D eigenvalue weighted by atomic mass is 16.1. The highest BCUT2D eigenvalue weighted by Crippen LogP contribution is 2.19. The van der Waals surface area contributed by atoms with Gasteiger partial charge in [-0.05, 0) is 50.6 Å². The van der Waals surface area contributed by atoms with Gasteiger partial charge >= 0.3 is 0 Å². The maximum Gasteiger partial charge on any atom is 0.158 e. The molecule has 0 aromatic rings. The highest BCUT2D eigenvalue weighted by Gasteiger charge is 2.11. The molecule has 1 rings (SSSR count). The van der Waals surface area contributed by atoms with Crippen LogP contribution in [0.1, 0.15) is 51.4 Å². The fraction of sp³-hybridized carbons (Fsp3) is 0.750. The van der Waals surface area contributed by atoms with Crippen LogP contribution in [0.3, 0.4) is 0 Å². The van der Waals surface area contributed by atoms with Gasteiger partial charge in [0.2, 0.25) is 0 Å². The summed E-state index contributed by atoms with van der Waals surface area (Å²) >= 11 is 0. The van der Waals surface area contributed by atoms with Gasteiger partial charge in [-0.25, -0.2) is 0 Å². The van der Waals surface area contributed by atoms with E-state index in [-0.39, 0.29) is 0 Å².